The van der Waals surface area contributed by atoms with E-state index in [4.69, 9.17) is 0 Å². The Morgan fingerprint density at radius 3 is 2.20 bits per heavy atom. The average Bonchev–Trinajstić information content (AvgIpc) is 2.45. The molecule has 0 atom stereocenters. The molecule has 0 radical (unpaired) electrons. The maximum absolute atomic E-state index is 11.6. The zero-order chi connectivity index (χ0) is 11.6. The molecule has 1 rings (SSSR count). The second kappa shape index (κ2) is 4.29. The molecule has 4 heteroatoms. The number of ketones is 1. The molecule has 4 nitrogen and oxygen atoms in total. The van der Waals surface area contributed by atoms with E-state index in [2.05, 4.69) is 9.72 Å². The van der Waals surface area contributed by atoms with Crippen LogP contribution in [0.3, 0.4) is 0 Å². The Morgan fingerprint density at radius 2 is 1.80 bits per heavy atom. The first kappa shape index (κ1) is 11.5. The molecule has 0 aliphatic carbocycles. The standard InChI is InChI=1S/C11H15NO3/c1-5-15-11(14)10(13)9-7(3)6(2)8(4)12-9/h12H,5H2,1-4H3. The highest BCUT2D eigenvalue weighted by atomic mass is 16.5. The van der Waals surface area contributed by atoms with Crippen molar-refractivity contribution >= 4 is 11.8 Å². The lowest BCUT2D eigenvalue weighted by Crippen LogP contribution is -2.18. The van der Waals surface area contributed by atoms with Gasteiger partial charge in [0, 0.05) is 5.69 Å². The summed E-state index contributed by atoms with van der Waals surface area (Å²) in [4.78, 5) is 25.7. The summed E-state index contributed by atoms with van der Waals surface area (Å²) in [7, 11) is 0. The molecule has 0 saturated carbocycles. The summed E-state index contributed by atoms with van der Waals surface area (Å²) < 4.78 is 4.65. The molecule has 0 amide bonds. The number of esters is 1. The number of ether oxygens (including phenoxy) is 1. The summed E-state index contributed by atoms with van der Waals surface area (Å²) in [5.41, 5.74) is 3.05. The highest BCUT2D eigenvalue weighted by Gasteiger charge is 2.22. The Hall–Kier alpha value is -1.58. The molecule has 0 aliphatic heterocycles. The van der Waals surface area contributed by atoms with Crippen molar-refractivity contribution in [3.05, 3.63) is 22.5 Å². The molecule has 0 spiro atoms. The molecule has 1 N–H and O–H groups in total. The first-order chi connectivity index (χ1) is 6.99. The summed E-state index contributed by atoms with van der Waals surface area (Å²) in [5.74, 6) is -1.41. The summed E-state index contributed by atoms with van der Waals surface area (Å²) in [6, 6.07) is 0. The third-order valence-corrected chi connectivity index (χ3v) is 2.50. The number of carbonyl (C=O) groups excluding carboxylic acids is 2. The van der Waals surface area contributed by atoms with Crippen molar-refractivity contribution in [2.45, 2.75) is 27.7 Å². The molecular formula is C11H15NO3. The van der Waals surface area contributed by atoms with Gasteiger partial charge in [0.2, 0.25) is 0 Å². The Labute approximate surface area is 88.6 Å². The van der Waals surface area contributed by atoms with Crippen molar-refractivity contribution in [1.29, 1.82) is 0 Å². The molecular weight excluding hydrogens is 194 g/mol. The molecule has 0 fully saturated rings. The fourth-order valence-electron chi connectivity index (χ4n) is 1.37. The maximum Gasteiger partial charge on any atom is 0.381 e. The zero-order valence-corrected chi connectivity index (χ0v) is 9.43. The van der Waals surface area contributed by atoms with E-state index in [1.807, 2.05) is 20.8 Å². The van der Waals surface area contributed by atoms with Crippen LogP contribution in [0.15, 0.2) is 0 Å². The van der Waals surface area contributed by atoms with Crippen LogP contribution in [0.2, 0.25) is 0 Å². The van der Waals surface area contributed by atoms with E-state index < -0.39 is 11.8 Å². The molecule has 0 aliphatic rings. The number of H-pyrrole nitrogens is 1. The number of aromatic amines is 1. The Morgan fingerprint density at radius 1 is 1.20 bits per heavy atom. The normalized spacial score (nSPS) is 10.1. The highest BCUT2D eigenvalue weighted by Crippen LogP contribution is 2.17. The van der Waals surface area contributed by atoms with Crippen LogP contribution in [0.5, 0.6) is 0 Å². The number of aryl methyl sites for hydroxylation is 1. The van der Waals surface area contributed by atoms with Crippen LogP contribution in [0.25, 0.3) is 0 Å². The van der Waals surface area contributed by atoms with Crippen LogP contribution in [0.4, 0.5) is 0 Å². The van der Waals surface area contributed by atoms with Crippen molar-refractivity contribution in [1.82, 2.24) is 4.98 Å². The van der Waals surface area contributed by atoms with Crippen LogP contribution in [-0.2, 0) is 9.53 Å². The lowest BCUT2D eigenvalue weighted by atomic mass is 10.1. The largest absolute Gasteiger partial charge is 0.460 e. The monoisotopic (exact) mass is 209 g/mol. The summed E-state index contributed by atoms with van der Waals surface area (Å²) in [5, 5.41) is 0. The number of rotatable bonds is 3. The van der Waals surface area contributed by atoms with E-state index in [1.165, 1.54) is 0 Å². The second-order valence-corrected chi connectivity index (χ2v) is 3.42. The third kappa shape index (κ3) is 2.09. The van der Waals surface area contributed by atoms with E-state index in [0.717, 1.165) is 16.8 Å². The molecule has 0 bridgehead atoms. The minimum Gasteiger partial charge on any atom is -0.460 e. The zero-order valence-electron chi connectivity index (χ0n) is 9.43. The van der Waals surface area contributed by atoms with Gasteiger partial charge >= 0.3 is 5.97 Å². The van der Waals surface area contributed by atoms with Crippen molar-refractivity contribution in [2.75, 3.05) is 6.61 Å². The molecule has 1 aromatic heterocycles. The third-order valence-electron chi connectivity index (χ3n) is 2.50. The summed E-state index contributed by atoms with van der Waals surface area (Å²) >= 11 is 0. The predicted octanol–water partition coefficient (Wildman–Crippen LogP) is 1.69. The van der Waals surface area contributed by atoms with Crippen LogP contribution >= 0.6 is 0 Å². The predicted molar refractivity (Wildman–Crippen MR) is 56.0 cm³/mol. The van der Waals surface area contributed by atoms with Crippen molar-refractivity contribution < 1.29 is 14.3 Å². The van der Waals surface area contributed by atoms with Crippen molar-refractivity contribution in [3.63, 3.8) is 0 Å². The van der Waals surface area contributed by atoms with Gasteiger partial charge in [-0.3, -0.25) is 4.79 Å². The number of Topliss-reactive ketones (excluding diaryl/α,β-unsaturated/α-hetero) is 1. The minimum absolute atomic E-state index is 0.211. The lowest BCUT2D eigenvalue weighted by Gasteiger charge is -2.00. The van der Waals surface area contributed by atoms with E-state index in [0.29, 0.717) is 5.69 Å². The fraction of sp³-hybridized carbons (Fsp3) is 0.455. The number of carbonyl (C=O) groups is 2. The topological polar surface area (TPSA) is 59.2 Å². The Bertz CT molecular complexity index is 404. The first-order valence-corrected chi connectivity index (χ1v) is 4.86. The van der Waals surface area contributed by atoms with Gasteiger partial charge < -0.3 is 9.72 Å². The van der Waals surface area contributed by atoms with Gasteiger partial charge in [0.15, 0.2) is 0 Å². The number of nitrogens with one attached hydrogen (secondary N) is 1. The van der Waals surface area contributed by atoms with E-state index in [-0.39, 0.29) is 6.61 Å². The van der Waals surface area contributed by atoms with Gasteiger partial charge in [-0.25, -0.2) is 4.79 Å². The number of hydrogen-bond donors (Lipinski definition) is 1. The molecule has 1 heterocycles. The molecule has 15 heavy (non-hydrogen) atoms. The molecule has 0 unspecified atom stereocenters. The fourth-order valence-corrected chi connectivity index (χ4v) is 1.37. The number of hydrogen-bond acceptors (Lipinski definition) is 3. The molecule has 1 aromatic rings. The quantitative estimate of drug-likeness (QED) is 0.468. The van der Waals surface area contributed by atoms with E-state index in [9.17, 15) is 9.59 Å². The van der Waals surface area contributed by atoms with Gasteiger partial charge in [0.1, 0.15) is 0 Å². The smallest absolute Gasteiger partial charge is 0.381 e. The summed E-state index contributed by atoms with van der Waals surface area (Å²) in [6.45, 7) is 7.46. The highest BCUT2D eigenvalue weighted by molar-refractivity contribution is 6.40. The Balaban J connectivity index is 3.02. The van der Waals surface area contributed by atoms with E-state index >= 15 is 0 Å². The lowest BCUT2D eigenvalue weighted by molar-refractivity contribution is -0.137. The number of aromatic nitrogens is 1. The van der Waals surface area contributed by atoms with Gasteiger partial charge in [0.25, 0.3) is 5.78 Å². The SMILES string of the molecule is CCOC(=O)C(=O)c1[nH]c(C)c(C)c1C. The van der Waals surface area contributed by atoms with Crippen LogP contribution < -0.4 is 0 Å². The summed E-state index contributed by atoms with van der Waals surface area (Å²) in [6.07, 6.45) is 0. The van der Waals surface area contributed by atoms with Crippen LogP contribution in [0.1, 0.15) is 34.2 Å². The van der Waals surface area contributed by atoms with Gasteiger partial charge in [-0.2, -0.15) is 0 Å². The second-order valence-electron chi connectivity index (χ2n) is 3.42. The first-order valence-electron chi connectivity index (χ1n) is 4.86. The van der Waals surface area contributed by atoms with Gasteiger partial charge in [-0.1, -0.05) is 0 Å². The van der Waals surface area contributed by atoms with Gasteiger partial charge in [-0.15, -0.1) is 0 Å². The van der Waals surface area contributed by atoms with Gasteiger partial charge in [0.05, 0.1) is 12.3 Å². The van der Waals surface area contributed by atoms with Gasteiger partial charge in [-0.05, 0) is 38.8 Å². The Kier molecular flexibility index (Phi) is 3.29. The minimum atomic E-state index is -0.804. The molecule has 0 aromatic carbocycles. The van der Waals surface area contributed by atoms with Crippen LogP contribution in [0, 0.1) is 20.8 Å². The molecule has 82 valence electrons. The molecule has 0 saturated heterocycles. The maximum atomic E-state index is 11.6. The average molecular weight is 209 g/mol. The van der Waals surface area contributed by atoms with Crippen LogP contribution in [-0.4, -0.2) is 23.3 Å². The van der Waals surface area contributed by atoms with E-state index in [1.54, 1.807) is 6.92 Å². The van der Waals surface area contributed by atoms with Crippen molar-refractivity contribution in [3.8, 4) is 0 Å². The van der Waals surface area contributed by atoms with Crippen molar-refractivity contribution in [2.24, 2.45) is 0 Å².